The smallest absolute Gasteiger partial charge is 0.152 e. The van der Waals surface area contributed by atoms with E-state index in [0.29, 0.717) is 0 Å². The molecule has 0 fully saturated rings. The van der Waals surface area contributed by atoms with E-state index in [9.17, 15) is 0 Å². The number of benzene rings is 8. The maximum Gasteiger partial charge on any atom is 0.152 e. The Morgan fingerprint density at radius 2 is 0.918 bits per heavy atom. The summed E-state index contributed by atoms with van der Waals surface area (Å²) in [6, 6.07) is 63.0. The highest BCUT2D eigenvalue weighted by atomic mass is 32.1. The monoisotopic (exact) mass is 643 g/mol. The van der Waals surface area contributed by atoms with E-state index in [1.165, 1.54) is 42.1 Å². The van der Waals surface area contributed by atoms with Gasteiger partial charge in [-0.3, -0.25) is 0 Å². The Balaban J connectivity index is 1.19. The molecule has 0 saturated carbocycles. The molecule has 0 atom stereocenters. The minimum Gasteiger partial charge on any atom is -0.453 e. The van der Waals surface area contributed by atoms with E-state index in [2.05, 4.69) is 181 Å². The molecule has 0 bridgehead atoms. The van der Waals surface area contributed by atoms with Crippen molar-refractivity contribution in [3.8, 4) is 44.9 Å². The standard InChI is InChI=1S/C46H29NOS/c1-3-12-30(13-4-1)32-22-25-41-43(28-32)48-44-29-33(31-14-5-2-6-15-31)23-26-42(44)47(41)40-27-24-35(34-16-7-8-17-36(34)40)38-19-11-20-39-37-18-9-10-21-45(37)49-46(38)39/h1-29H. The largest absolute Gasteiger partial charge is 0.453 e. The molecule has 0 radical (unpaired) electrons. The van der Waals surface area contributed by atoms with Gasteiger partial charge in [-0.05, 0) is 69.6 Å². The Morgan fingerprint density at radius 1 is 0.367 bits per heavy atom. The maximum atomic E-state index is 6.80. The van der Waals surface area contributed by atoms with Gasteiger partial charge in [-0.2, -0.15) is 0 Å². The molecule has 1 aromatic heterocycles. The second-order valence-corrected chi connectivity index (χ2v) is 13.5. The molecule has 0 spiro atoms. The van der Waals surface area contributed by atoms with Gasteiger partial charge in [0, 0.05) is 31.1 Å². The summed E-state index contributed by atoms with van der Waals surface area (Å²) in [5.41, 5.74) is 10.2. The number of rotatable bonds is 4. The van der Waals surface area contributed by atoms with Gasteiger partial charge in [0.25, 0.3) is 0 Å². The molecule has 3 heteroatoms. The van der Waals surface area contributed by atoms with Crippen LogP contribution in [0.2, 0.25) is 0 Å². The van der Waals surface area contributed by atoms with Gasteiger partial charge in [0.1, 0.15) is 0 Å². The van der Waals surface area contributed by atoms with Crippen molar-refractivity contribution in [3.05, 3.63) is 176 Å². The fourth-order valence-electron chi connectivity index (χ4n) is 7.36. The summed E-state index contributed by atoms with van der Waals surface area (Å²) in [4.78, 5) is 2.38. The quantitative estimate of drug-likeness (QED) is 0.189. The summed E-state index contributed by atoms with van der Waals surface area (Å²) in [6.07, 6.45) is 0. The number of hydrogen-bond donors (Lipinski definition) is 0. The molecule has 49 heavy (non-hydrogen) atoms. The van der Waals surface area contributed by atoms with Crippen molar-refractivity contribution in [3.63, 3.8) is 0 Å². The SMILES string of the molecule is c1ccc(-c2ccc3c(c2)Oc2cc(-c4ccccc4)ccc2N3c2ccc(-c3cccc4c3sc3ccccc34)c3ccccc23)cc1. The second kappa shape index (κ2) is 11.2. The molecular formula is C46H29NOS. The zero-order chi connectivity index (χ0) is 32.3. The Hall–Kier alpha value is -6.16. The van der Waals surface area contributed by atoms with Crippen LogP contribution in [0.1, 0.15) is 0 Å². The third-order valence-electron chi connectivity index (χ3n) is 9.67. The molecule has 2 nitrogen and oxygen atoms in total. The molecule has 0 aliphatic carbocycles. The summed E-state index contributed by atoms with van der Waals surface area (Å²) in [6.45, 7) is 0. The lowest BCUT2D eigenvalue weighted by atomic mass is 9.94. The normalized spacial score (nSPS) is 12.2. The van der Waals surface area contributed by atoms with Gasteiger partial charge in [0.05, 0.1) is 17.1 Å². The summed E-state index contributed by atoms with van der Waals surface area (Å²) in [5, 5.41) is 5.04. The Morgan fingerprint density at radius 3 is 1.59 bits per heavy atom. The van der Waals surface area contributed by atoms with Crippen LogP contribution in [0.25, 0.3) is 64.3 Å². The van der Waals surface area contributed by atoms with Gasteiger partial charge in [-0.1, -0.05) is 140 Å². The first kappa shape index (κ1) is 27.9. The third-order valence-corrected chi connectivity index (χ3v) is 10.9. The first-order valence-corrected chi connectivity index (χ1v) is 17.4. The summed E-state index contributed by atoms with van der Waals surface area (Å²) in [5.74, 6) is 1.67. The Bertz CT molecular complexity index is 2600. The highest BCUT2D eigenvalue weighted by molar-refractivity contribution is 7.26. The van der Waals surface area contributed by atoms with Crippen molar-refractivity contribution in [2.75, 3.05) is 4.90 Å². The van der Waals surface area contributed by atoms with E-state index in [-0.39, 0.29) is 0 Å². The van der Waals surface area contributed by atoms with Gasteiger partial charge in [0.2, 0.25) is 0 Å². The van der Waals surface area contributed by atoms with Gasteiger partial charge in [-0.25, -0.2) is 0 Å². The molecule has 9 aromatic rings. The lowest BCUT2D eigenvalue weighted by Crippen LogP contribution is -2.16. The molecule has 1 aliphatic rings. The van der Waals surface area contributed by atoms with Gasteiger partial charge in [-0.15, -0.1) is 11.3 Å². The summed E-state index contributed by atoms with van der Waals surface area (Å²) >= 11 is 1.88. The molecule has 2 heterocycles. The van der Waals surface area contributed by atoms with Gasteiger partial charge < -0.3 is 9.64 Å². The molecular weight excluding hydrogens is 615 g/mol. The van der Waals surface area contributed by atoms with E-state index in [1.54, 1.807) is 0 Å². The molecule has 0 unspecified atom stereocenters. The summed E-state index contributed by atoms with van der Waals surface area (Å²) < 4.78 is 9.44. The lowest BCUT2D eigenvalue weighted by molar-refractivity contribution is 0.477. The van der Waals surface area contributed by atoms with E-state index >= 15 is 0 Å². The van der Waals surface area contributed by atoms with Crippen LogP contribution in [0.5, 0.6) is 11.5 Å². The van der Waals surface area contributed by atoms with Crippen LogP contribution in [0.3, 0.4) is 0 Å². The number of fused-ring (bicyclic) bond motifs is 6. The van der Waals surface area contributed by atoms with Crippen LogP contribution < -0.4 is 9.64 Å². The Labute approximate surface area is 288 Å². The Kier molecular flexibility index (Phi) is 6.39. The molecule has 0 saturated heterocycles. The molecule has 10 rings (SSSR count). The van der Waals surface area contributed by atoms with E-state index in [4.69, 9.17) is 4.74 Å². The zero-order valence-electron chi connectivity index (χ0n) is 26.5. The average molecular weight is 644 g/mol. The second-order valence-electron chi connectivity index (χ2n) is 12.5. The molecule has 1 aliphatic heterocycles. The third kappa shape index (κ3) is 4.55. The topological polar surface area (TPSA) is 12.5 Å². The number of thiophene rings is 1. The van der Waals surface area contributed by atoms with Crippen molar-refractivity contribution in [2.24, 2.45) is 0 Å². The number of ether oxygens (including phenoxy) is 1. The van der Waals surface area contributed by atoms with E-state index in [0.717, 1.165) is 50.8 Å². The van der Waals surface area contributed by atoms with Gasteiger partial charge >= 0.3 is 0 Å². The van der Waals surface area contributed by atoms with Crippen LogP contribution in [-0.2, 0) is 0 Å². The van der Waals surface area contributed by atoms with Crippen molar-refractivity contribution < 1.29 is 4.74 Å². The highest BCUT2D eigenvalue weighted by Crippen LogP contribution is 2.54. The predicted octanol–water partition coefficient (Wildman–Crippen LogP) is 13.8. The lowest BCUT2D eigenvalue weighted by Gasteiger charge is -2.34. The first-order valence-electron chi connectivity index (χ1n) is 16.6. The summed E-state index contributed by atoms with van der Waals surface area (Å²) in [7, 11) is 0. The minimum atomic E-state index is 0.835. The fourth-order valence-corrected chi connectivity index (χ4v) is 8.59. The molecule has 8 aromatic carbocycles. The van der Waals surface area contributed by atoms with Crippen molar-refractivity contribution in [1.82, 2.24) is 0 Å². The van der Waals surface area contributed by atoms with Crippen molar-refractivity contribution >= 4 is 59.3 Å². The van der Waals surface area contributed by atoms with Gasteiger partial charge in [0.15, 0.2) is 11.5 Å². The van der Waals surface area contributed by atoms with E-state index in [1.807, 2.05) is 11.3 Å². The zero-order valence-corrected chi connectivity index (χ0v) is 27.3. The number of hydrogen-bond acceptors (Lipinski definition) is 3. The molecule has 230 valence electrons. The van der Waals surface area contributed by atoms with Crippen molar-refractivity contribution in [2.45, 2.75) is 0 Å². The minimum absolute atomic E-state index is 0.835. The maximum absolute atomic E-state index is 6.80. The predicted molar refractivity (Wildman–Crippen MR) is 208 cm³/mol. The first-order chi connectivity index (χ1) is 24.3. The van der Waals surface area contributed by atoms with Crippen molar-refractivity contribution in [1.29, 1.82) is 0 Å². The average Bonchev–Trinajstić information content (AvgIpc) is 3.56. The highest BCUT2D eigenvalue weighted by Gasteiger charge is 2.28. The number of anilines is 3. The van der Waals surface area contributed by atoms with E-state index < -0.39 is 0 Å². The molecule has 0 amide bonds. The van der Waals surface area contributed by atoms with Crippen LogP contribution >= 0.6 is 11.3 Å². The number of nitrogens with zero attached hydrogens (tertiary/aromatic N) is 1. The van der Waals surface area contributed by atoms with Crippen LogP contribution in [0, 0.1) is 0 Å². The van der Waals surface area contributed by atoms with Crippen LogP contribution in [0.4, 0.5) is 17.1 Å². The van der Waals surface area contributed by atoms with Crippen LogP contribution in [0.15, 0.2) is 176 Å². The van der Waals surface area contributed by atoms with Crippen LogP contribution in [-0.4, -0.2) is 0 Å². The fraction of sp³-hybridized carbons (Fsp3) is 0. The molecule has 0 N–H and O–H groups in total.